The summed E-state index contributed by atoms with van der Waals surface area (Å²) in [5.74, 6) is 0.286. The van der Waals surface area contributed by atoms with Crippen molar-refractivity contribution in [1.82, 2.24) is 4.72 Å². The van der Waals surface area contributed by atoms with Crippen LogP contribution in [0.2, 0.25) is 0 Å². The van der Waals surface area contributed by atoms with E-state index >= 15 is 0 Å². The first-order valence-electron chi connectivity index (χ1n) is 7.30. The molecule has 0 radical (unpaired) electrons. The minimum absolute atomic E-state index is 0.126. The van der Waals surface area contributed by atoms with Crippen LogP contribution in [0.4, 0.5) is 5.69 Å². The molecule has 1 aromatic rings. The van der Waals surface area contributed by atoms with Gasteiger partial charge in [-0.05, 0) is 31.4 Å². The summed E-state index contributed by atoms with van der Waals surface area (Å²) in [4.78, 5) is 2.05. The van der Waals surface area contributed by atoms with Crippen molar-refractivity contribution in [3.05, 3.63) is 30.3 Å². The molecule has 2 atom stereocenters. The molecule has 1 heterocycles. The van der Waals surface area contributed by atoms with Gasteiger partial charge >= 0.3 is 0 Å². The Morgan fingerprint density at radius 3 is 2.71 bits per heavy atom. The van der Waals surface area contributed by atoms with Crippen molar-refractivity contribution in [3.8, 4) is 0 Å². The van der Waals surface area contributed by atoms with Crippen molar-refractivity contribution < 1.29 is 13.2 Å². The van der Waals surface area contributed by atoms with Crippen molar-refractivity contribution in [2.24, 2.45) is 5.92 Å². The Morgan fingerprint density at radius 2 is 2.10 bits per heavy atom. The van der Waals surface area contributed by atoms with E-state index in [4.69, 9.17) is 4.74 Å². The lowest BCUT2D eigenvalue weighted by Gasteiger charge is -2.24. The number of para-hydroxylation sites is 1. The second-order valence-electron chi connectivity index (χ2n) is 5.75. The zero-order chi connectivity index (χ0) is 15.3. The number of hydrogen-bond donors (Lipinski definition) is 1. The van der Waals surface area contributed by atoms with Crippen LogP contribution in [0, 0.1) is 5.92 Å². The molecule has 0 saturated carbocycles. The van der Waals surface area contributed by atoms with Crippen molar-refractivity contribution in [2.75, 3.05) is 37.5 Å². The number of benzene rings is 1. The Labute approximate surface area is 127 Å². The number of sulfonamides is 1. The lowest BCUT2D eigenvalue weighted by molar-refractivity contribution is 0.188. The van der Waals surface area contributed by atoms with E-state index < -0.39 is 10.0 Å². The van der Waals surface area contributed by atoms with E-state index in [0.29, 0.717) is 19.8 Å². The molecule has 1 aromatic carbocycles. The number of hydrogen-bond acceptors (Lipinski definition) is 4. The van der Waals surface area contributed by atoms with Crippen molar-refractivity contribution >= 4 is 15.7 Å². The van der Waals surface area contributed by atoms with E-state index in [9.17, 15) is 8.42 Å². The van der Waals surface area contributed by atoms with Crippen molar-refractivity contribution in [2.45, 2.75) is 19.4 Å². The fraction of sp³-hybridized carbons (Fsp3) is 0.600. The van der Waals surface area contributed by atoms with E-state index in [-0.39, 0.29) is 17.7 Å². The van der Waals surface area contributed by atoms with Crippen LogP contribution in [0.5, 0.6) is 0 Å². The summed E-state index contributed by atoms with van der Waals surface area (Å²) in [6.45, 7) is 3.75. The quantitative estimate of drug-likeness (QED) is 0.828. The minimum atomic E-state index is -3.25. The Kier molecular flexibility index (Phi) is 5.61. The van der Waals surface area contributed by atoms with E-state index in [1.165, 1.54) is 0 Å². The Bertz CT molecular complexity index is 527. The molecule has 0 aliphatic carbocycles. The summed E-state index contributed by atoms with van der Waals surface area (Å²) in [6.07, 6.45) is 0.833. The average molecular weight is 312 g/mol. The average Bonchev–Trinajstić information content (AvgIpc) is 2.90. The third-order valence-corrected chi connectivity index (χ3v) is 5.28. The minimum Gasteiger partial charge on any atom is -0.381 e. The first-order valence-corrected chi connectivity index (χ1v) is 8.95. The van der Waals surface area contributed by atoms with Gasteiger partial charge in [0.1, 0.15) is 0 Å². The molecule has 0 amide bonds. The van der Waals surface area contributed by atoms with Crippen LogP contribution < -0.4 is 9.62 Å². The highest BCUT2D eigenvalue weighted by molar-refractivity contribution is 7.89. The monoisotopic (exact) mass is 312 g/mol. The fourth-order valence-electron chi connectivity index (χ4n) is 2.62. The second kappa shape index (κ2) is 7.24. The van der Waals surface area contributed by atoms with E-state index in [2.05, 4.69) is 4.72 Å². The predicted octanol–water partition coefficient (Wildman–Crippen LogP) is 1.47. The zero-order valence-corrected chi connectivity index (χ0v) is 13.5. The Hall–Kier alpha value is -1.11. The maximum atomic E-state index is 12.1. The first kappa shape index (κ1) is 16.3. The molecule has 21 heavy (non-hydrogen) atoms. The number of anilines is 1. The molecule has 0 unspecified atom stereocenters. The normalized spacial score (nSPS) is 20.4. The summed E-state index contributed by atoms with van der Waals surface area (Å²) in [6, 6.07) is 9.80. The van der Waals surface area contributed by atoms with E-state index in [1.54, 1.807) is 0 Å². The Morgan fingerprint density at radius 1 is 1.38 bits per heavy atom. The summed E-state index contributed by atoms with van der Waals surface area (Å²) < 4.78 is 32.2. The molecular weight excluding hydrogens is 288 g/mol. The van der Waals surface area contributed by atoms with Crippen LogP contribution in [0.15, 0.2) is 30.3 Å². The van der Waals surface area contributed by atoms with Crippen LogP contribution in [0.1, 0.15) is 13.3 Å². The number of likely N-dealkylation sites (N-methyl/N-ethyl adjacent to an activating group) is 1. The largest absolute Gasteiger partial charge is 0.381 e. The number of nitrogens with zero attached hydrogens (tertiary/aromatic N) is 1. The standard InChI is InChI=1S/C15H24N2O3S/c1-13(10-17(2)15-6-4-3-5-7-15)16-21(18,19)12-14-8-9-20-11-14/h3-7,13-14,16H,8-12H2,1-2H3/t13-,14-/m1/s1. The molecule has 0 spiro atoms. The molecule has 1 fully saturated rings. The van der Waals surface area contributed by atoms with Gasteiger partial charge in [-0.1, -0.05) is 18.2 Å². The highest BCUT2D eigenvalue weighted by Gasteiger charge is 2.24. The lowest BCUT2D eigenvalue weighted by Crippen LogP contribution is -2.42. The number of nitrogens with one attached hydrogen (secondary N) is 1. The van der Waals surface area contributed by atoms with Crippen LogP contribution >= 0.6 is 0 Å². The van der Waals surface area contributed by atoms with Crippen LogP contribution in [-0.2, 0) is 14.8 Å². The summed E-state index contributed by atoms with van der Waals surface area (Å²) in [5.41, 5.74) is 1.08. The molecular formula is C15H24N2O3S. The molecule has 1 saturated heterocycles. The molecule has 2 rings (SSSR count). The summed E-state index contributed by atoms with van der Waals surface area (Å²) >= 11 is 0. The lowest BCUT2D eigenvalue weighted by atomic mass is 10.2. The van der Waals surface area contributed by atoms with Gasteiger partial charge in [0.15, 0.2) is 0 Å². The number of ether oxygens (including phenoxy) is 1. The zero-order valence-electron chi connectivity index (χ0n) is 12.7. The third kappa shape index (κ3) is 5.30. The highest BCUT2D eigenvalue weighted by Crippen LogP contribution is 2.15. The van der Waals surface area contributed by atoms with Crippen molar-refractivity contribution in [3.63, 3.8) is 0 Å². The third-order valence-electron chi connectivity index (χ3n) is 3.60. The van der Waals surface area contributed by atoms with Crippen LogP contribution in [0.3, 0.4) is 0 Å². The number of rotatable bonds is 7. The van der Waals surface area contributed by atoms with E-state index in [0.717, 1.165) is 12.1 Å². The topological polar surface area (TPSA) is 58.6 Å². The highest BCUT2D eigenvalue weighted by atomic mass is 32.2. The molecule has 5 nitrogen and oxygen atoms in total. The molecule has 0 aromatic heterocycles. The van der Waals surface area contributed by atoms with Gasteiger partial charge in [0, 0.05) is 31.9 Å². The van der Waals surface area contributed by atoms with Crippen LogP contribution in [-0.4, -0.2) is 47.0 Å². The van der Waals surface area contributed by atoms with Gasteiger partial charge in [-0.25, -0.2) is 13.1 Å². The molecule has 0 bridgehead atoms. The van der Waals surface area contributed by atoms with Gasteiger partial charge < -0.3 is 9.64 Å². The Balaban J connectivity index is 1.84. The maximum absolute atomic E-state index is 12.1. The molecule has 118 valence electrons. The van der Waals surface area contributed by atoms with Gasteiger partial charge in [0.05, 0.1) is 12.4 Å². The predicted molar refractivity (Wildman–Crippen MR) is 85.0 cm³/mol. The fourth-order valence-corrected chi connectivity index (χ4v) is 4.28. The van der Waals surface area contributed by atoms with Gasteiger partial charge in [-0.2, -0.15) is 0 Å². The first-order chi connectivity index (χ1) is 9.96. The van der Waals surface area contributed by atoms with Gasteiger partial charge in [-0.3, -0.25) is 0 Å². The van der Waals surface area contributed by atoms with Crippen molar-refractivity contribution in [1.29, 1.82) is 0 Å². The van der Waals surface area contributed by atoms with Gasteiger partial charge in [-0.15, -0.1) is 0 Å². The molecule has 1 aliphatic heterocycles. The molecule has 6 heteroatoms. The smallest absolute Gasteiger partial charge is 0.212 e. The van der Waals surface area contributed by atoms with Crippen LogP contribution in [0.25, 0.3) is 0 Å². The molecule has 1 N–H and O–H groups in total. The van der Waals surface area contributed by atoms with E-state index in [1.807, 2.05) is 49.2 Å². The van der Waals surface area contributed by atoms with Gasteiger partial charge in [0.2, 0.25) is 10.0 Å². The second-order valence-corrected chi connectivity index (χ2v) is 7.54. The molecule has 1 aliphatic rings. The SMILES string of the molecule is C[C@H](CN(C)c1ccccc1)NS(=O)(=O)C[C@@H]1CCOC1. The summed E-state index contributed by atoms with van der Waals surface area (Å²) in [5, 5.41) is 0. The summed E-state index contributed by atoms with van der Waals surface area (Å²) in [7, 11) is -1.29. The maximum Gasteiger partial charge on any atom is 0.212 e. The van der Waals surface area contributed by atoms with Gasteiger partial charge in [0.25, 0.3) is 0 Å².